The average Bonchev–Trinajstić information content (AvgIpc) is 2.70. The van der Waals surface area contributed by atoms with E-state index < -0.39 is 17.4 Å². The van der Waals surface area contributed by atoms with Crippen LogP contribution in [0.4, 0.5) is 0 Å². The van der Waals surface area contributed by atoms with Crippen molar-refractivity contribution in [3.05, 3.63) is 0 Å². The fourth-order valence-corrected chi connectivity index (χ4v) is 6.07. The molecule has 0 spiro atoms. The lowest BCUT2D eigenvalue weighted by Gasteiger charge is -2.26. The number of nitrogens with two attached hydrogens (primary N) is 4. The molecule has 0 aromatic carbocycles. The fourth-order valence-electron chi connectivity index (χ4n) is 2.13. The van der Waals surface area contributed by atoms with Crippen LogP contribution in [0, 0.1) is 0 Å². The van der Waals surface area contributed by atoms with Crippen LogP contribution in [0.15, 0.2) is 0 Å². The highest BCUT2D eigenvalue weighted by Crippen LogP contribution is 2.16. The summed E-state index contributed by atoms with van der Waals surface area (Å²) < 4.78 is 27.4. The van der Waals surface area contributed by atoms with Gasteiger partial charge in [0.1, 0.15) is 0 Å². The van der Waals surface area contributed by atoms with E-state index in [0.717, 1.165) is 37.8 Å². The molecule has 9 nitrogen and oxygen atoms in total. The highest BCUT2D eigenvalue weighted by Gasteiger charge is 2.37. The second kappa shape index (κ2) is 19.4. The van der Waals surface area contributed by atoms with Gasteiger partial charge in [0.25, 0.3) is 0 Å². The van der Waals surface area contributed by atoms with Crippen LogP contribution in [-0.4, -0.2) is 78.1 Å². The third kappa shape index (κ3) is 15.6. The monoisotopic (exact) mass is 428 g/mol. The van der Waals surface area contributed by atoms with Crippen LogP contribution in [0.2, 0.25) is 18.6 Å². The van der Waals surface area contributed by atoms with Crippen LogP contribution in [0.25, 0.3) is 0 Å². The lowest BCUT2D eigenvalue weighted by Crippen LogP contribution is -2.44. The lowest BCUT2D eigenvalue weighted by atomic mass is 10.5. The van der Waals surface area contributed by atoms with Gasteiger partial charge in [0.05, 0.1) is 0 Å². The number of rotatable bonds is 17. The summed E-state index contributed by atoms with van der Waals surface area (Å²) in [6, 6.07) is 1.73. The van der Waals surface area contributed by atoms with Gasteiger partial charge in [-0.05, 0) is 64.5 Å². The SMILES string of the molecule is CO[Si](C)(CCCN)OCCCN.CO[Si](CCCN)(OC)OCCCN. The highest BCUT2D eigenvalue weighted by atomic mass is 28.4. The van der Waals surface area contributed by atoms with Gasteiger partial charge in [0.15, 0.2) is 0 Å². The molecule has 0 fully saturated rings. The van der Waals surface area contributed by atoms with Crippen LogP contribution in [-0.2, 0) is 22.1 Å². The van der Waals surface area contributed by atoms with E-state index in [1.807, 2.05) is 0 Å². The normalized spacial score (nSPS) is 13.8. The van der Waals surface area contributed by atoms with Crippen LogP contribution < -0.4 is 22.9 Å². The van der Waals surface area contributed by atoms with Gasteiger partial charge < -0.3 is 45.1 Å². The summed E-state index contributed by atoms with van der Waals surface area (Å²) in [5.41, 5.74) is 21.6. The zero-order chi connectivity index (χ0) is 21.0. The van der Waals surface area contributed by atoms with E-state index in [4.69, 9.17) is 45.1 Å². The third-order valence-electron chi connectivity index (χ3n) is 4.00. The van der Waals surface area contributed by atoms with Gasteiger partial charge in [0.2, 0.25) is 0 Å². The molecule has 0 rings (SSSR count). The topological polar surface area (TPSA) is 150 Å². The van der Waals surface area contributed by atoms with Crippen LogP contribution in [0.3, 0.4) is 0 Å². The Morgan fingerprint density at radius 3 is 1.44 bits per heavy atom. The maximum absolute atomic E-state index is 5.70. The molecule has 166 valence electrons. The Hall–Kier alpha value is 0.0738. The van der Waals surface area contributed by atoms with Gasteiger partial charge in [0, 0.05) is 40.6 Å². The highest BCUT2D eigenvalue weighted by molar-refractivity contribution is 6.66. The van der Waals surface area contributed by atoms with Gasteiger partial charge in [-0.3, -0.25) is 0 Å². The summed E-state index contributed by atoms with van der Waals surface area (Å²) in [4.78, 5) is 0. The maximum atomic E-state index is 5.70. The van der Waals surface area contributed by atoms with Crippen molar-refractivity contribution >= 4 is 17.4 Å². The van der Waals surface area contributed by atoms with Crippen LogP contribution >= 0.6 is 0 Å². The molecule has 8 N–H and O–H groups in total. The van der Waals surface area contributed by atoms with E-state index in [1.54, 1.807) is 21.3 Å². The zero-order valence-corrected chi connectivity index (χ0v) is 19.8. The molecule has 0 amide bonds. The van der Waals surface area contributed by atoms with E-state index in [0.29, 0.717) is 39.4 Å². The minimum atomic E-state index is -2.44. The summed E-state index contributed by atoms with van der Waals surface area (Å²) in [5, 5.41) is 0. The molecule has 0 saturated carbocycles. The predicted octanol–water partition coefficient (Wildman–Crippen LogP) is 0.351. The Bertz CT molecular complexity index is 319. The summed E-state index contributed by atoms with van der Waals surface area (Å²) >= 11 is 0. The Balaban J connectivity index is 0. The first-order valence-electron chi connectivity index (χ1n) is 9.66. The van der Waals surface area contributed by atoms with Gasteiger partial charge in [-0.1, -0.05) is 0 Å². The number of hydrogen-bond acceptors (Lipinski definition) is 9. The quantitative estimate of drug-likeness (QED) is 0.190. The van der Waals surface area contributed by atoms with E-state index in [2.05, 4.69) is 6.55 Å². The second-order valence-electron chi connectivity index (χ2n) is 6.20. The summed E-state index contributed by atoms with van der Waals surface area (Å²) in [7, 11) is 0.599. The van der Waals surface area contributed by atoms with Gasteiger partial charge in [-0.25, -0.2) is 0 Å². The van der Waals surface area contributed by atoms with Crippen molar-refractivity contribution in [1.82, 2.24) is 0 Å². The summed E-state index contributed by atoms with van der Waals surface area (Å²) in [6.07, 6.45) is 3.55. The fraction of sp³-hybridized carbons (Fsp3) is 1.00. The van der Waals surface area contributed by atoms with Crippen molar-refractivity contribution in [2.75, 3.05) is 60.7 Å². The molecule has 0 radical (unpaired) electrons. The third-order valence-corrected chi connectivity index (χ3v) is 9.80. The lowest BCUT2D eigenvalue weighted by molar-refractivity contribution is 0.0973. The first-order valence-corrected chi connectivity index (χ1v) is 14.1. The van der Waals surface area contributed by atoms with Crippen LogP contribution in [0.5, 0.6) is 0 Å². The Morgan fingerprint density at radius 2 is 1.04 bits per heavy atom. The smallest absolute Gasteiger partial charge is 0.398 e. The summed E-state index contributed by atoms with van der Waals surface area (Å²) in [5.74, 6) is 0. The second-order valence-corrected chi connectivity index (χ2v) is 12.6. The zero-order valence-electron chi connectivity index (χ0n) is 17.8. The first kappa shape index (κ1) is 29.3. The standard InChI is InChI=1S/C8H22N2O3Si.C8H22N2O2Si/c1-11-14(12-2,8-4-6-10)13-7-3-5-9;1-11-13(2,8-4-6-10)12-7-3-5-9/h3-10H2,1-2H3;3-10H2,1-2H3. The van der Waals surface area contributed by atoms with Gasteiger partial charge in [-0.2, -0.15) is 0 Å². The molecule has 0 aliphatic rings. The minimum Gasteiger partial charge on any atom is -0.398 e. The molecule has 11 heteroatoms. The Kier molecular flexibility index (Phi) is 21.0. The number of hydrogen-bond donors (Lipinski definition) is 4. The molecule has 0 saturated heterocycles. The van der Waals surface area contributed by atoms with Crippen molar-refractivity contribution in [1.29, 1.82) is 0 Å². The average molecular weight is 429 g/mol. The van der Waals surface area contributed by atoms with Crippen molar-refractivity contribution in [3.63, 3.8) is 0 Å². The van der Waals surface area contributed by atoms with Crippen molar-refractivity contribution < 1.29 is 22.1 Å². The van der Waals surface area contributed by atoms with Crippen molar-refractivity contribution in [2.24, 2.45) is 22.9 Å². The molecule has 1 unspecified atom stereocenters. The van der Waals surface area contributed by atoms with Gasteiger partial charge in [-0.15, -0.1) is 0 Å². The van der Waals surface area contributed by atoms with Crippen LogP contribution in [0.1, 0.15) is 25.7 Å². The molecule has 0 bridgehead atoms. The molecule has 0 aromatic rings. The predicted molar refractivity (Wildman–Crippen MR) is 115 cm³/mol. The van der Waals surface area contributed by atoms with E-state index in [9.17, 15) is 0 Å². The molecule has 0 heterocycles. The van der Waals surface area contributed by atoms with E-state index in [1.165, 1.54) is 0 Å². The molecule has 27 heavy (non-hydrogen) atoms. The molecular weight excluding hydrogens is 384 g/mol. The van der Waals surface area contributed by atoms with E-state index >= 15 is 0 Å². The van der Waals surface area contributed by atoms with Gasteiger partial charge >= 0.3 is 17.4 Å². The molecule has 0 aliphatic carbocycles. The first-order chi connectivity index (χ1) is 12.9. The Labute approximate surface area is 168 Å². The largest absolute Gasteiger partial charge is 0.500 e. The maximum Gasteiger partial charge on any atom is 0.500 e. The molecule has 0 aliphatic heterocycles. The minimum absolute atomic E-state index is 0.592. The van der Waals surface area contributed by atoms with Crippen molar-refractivity contribution in [3.8, 4) is 0 Å². The Morgan fingerprint density at radius 1 is 0.593 bits per heavy atom. The molecular formula is C16H44N4O5Si2. The molecule has 0 aromatic heterocycles. The summed E-state index contributed by atoms with van der Waals surface area (Å²) in [6.45, 7) is 5.99. The molecule has 1 atom stereocenters. The van der Waals surface area contributed by atoms with Crippen molar-refractivity contribution in [2.45, 2.75) is 44.3 Å². The van der Waals surface area contributed by atoms with E-state index in [-0.39, 0.29) is 0 Å².